The van der Waals surface area contributed by atoms with Crippen LogP contribution in [0.3, 0.4) is 0 Å². The zero-order valence-corrected chi connectivity index (χ0v) is 42.4. The van der Waals surface area contributed by atoms with Gasteiger partial charge in [0.15, 0.2) is 0 Å². The third-order valence-corrected chi connectivity index (χ3v) is 11.4. The molecule has 0 radical (unpaired) electrons. The molecule has 9 heteroatoms. The van der Waals surface area contributed by atoms with E-state index in [1.807, 2.05) is 27.2 Å². The lowest BCUT2D eigenvalue weighted by atomic mass is 10.0. The fourth-order valence-corrected chi connectivity index (χ4v) is 7.25. The molecular formula is C55H96N2O6P+. The summed E-state index contributed by atoms with van der Waals surface area (Å²) in [6, 6.07) is -0.867. The van der Waals surface area contributed by atoms with Gasteiger partial charge in [0.2, 0.25) is 5.91 Å². The average Bonchev–Trinajstić information content (AvgIpc) is 3.25. The molecule has 0 aromatic carbocycles. The van der Waals surface area contributed by atoms with E-state index >= 15 is 0 Å². The lowest BCUT2D eigenvalue weighted by Crippen LogP contribution is -2.45. The number of hydrogen-bond acceptors (Lipinski definition) is 5. The van der Waals surface area contributed by atoms with Crippen LogP contribution in [0.15, 0.2) is 109 Å². The van der Waals surface area contributed by atoms with Crippen LogP contribution in [-0.2, 0) is 18.4 Å². The third kappa shape index (κ3) is 47.1. The van der Waals surface area contributed by atoms with E-state index in [9.17, 15) is 19.4 Å². The van der Waals surface area contributed by atoms with Crippen LogP contribution in [0.2, 0.25) is 0 Å². The zero-order chi connectivity index (χ0) is 47.1. The molecule has 1 amide bonds. The van der Waals surface area contributed by atoms with Gasteiger partial charge < -0.3 is 19.8 Å². The Bertz CT molecular complexity index is 1400. The lowest BCUT2D eigenvalue weighted by Gasteiger charge is -2.25. The number of likely N-dealkylation sites (N-methyl/N-ethyl adjacent to an activating group) is 1. The molecule has 0 aliphatic carbocycles. The summed E-state index contributed by atoms with van der Waals surface area (Å²) >= 11 is 0. The number of aliphatic hydroxyl groups excluding tert-OH is 1. The van der Waals surface area contributed by atoms with Crippen molar-refractivity contribution in [2.75, 3.05) is 40.9 Å². The van der Waals surface area contributed by atoms with Crippen molar-refractivity contribution in [3.05, 3.63) is 109 Å². The Labute approximate surface area is 393 Å². The second-order valence-electron chi connectivity index (χ2n) is 17.8. The molecule has 3 unspecified atom stereocenters. The van der Waals surface area contributed by atoms with E-state index in [0.29, 0.717) is 17.4 Å². The molecule has 0 aliphatic rings. The lowest BCUT2D eigenvalue weighted by molar-refractivity contribution is -0.870. The second-order valence-corrected chi connectivity index (χ2v) is 19.3. The number of rotatable bonds is 44. The Morgan fingerprint density at radius 2 is 0.953 bits per heavy atom. The number of nitrogens with one attached hydrogen (secondary N) is 1. The number of nitrogens with zero attached hydrogens (tertiary/aromatic N) is 1. The van der Waals surface area contributed by atoms with E-state index in [2.05, 4.69) is 116 Å². The minimum atomic E-state index is -4.34. The first-order valence-corrected chi connectivity index (χ1v) is 26.8. The largest absolute Gasteiger partial charge is 0.472 e. The molecule has 0 aromatic heterocycles. The maximum Gasteiger partial charge on any atom is 0.472 e. The van der Waals surface area contributed by atoms with Crippen LogP contribution in [0.4, 0.5) is 0 Å². The fourth-order valence-electron chi connectivity index (χ4n) is 6.51. The summed E-state index contributed by atoms with van der Waals surface area (Å²) in [5, 5.41) is 13.7. The van der Waals surface area contributed by atoms with Gasteiger partial charge in [-0.2, -0.15) is 0 Å². The van der Waals surface area contributed by atoms with Crippen molar-refractivity contribution >= 4 is 13.7 Å². The van der Waals surface area contributed by atoms with E-state index in [0.717, 1.165) is 89.9 Å². The van der Waals surface area contributed by atoms with Crippen molar-refractivity contribution in [1.82, 2.24) is 5.32 Å². The molecule has 0 saturated carbocycles. The molecule has 3 N–H and O–H groups in total. The predicted octanol–water partition coefficient (Wildman–Crippen LogP) is 14.9. The van der Waals surface area contributed by atoms with Gasteiger partial charge in [0, 0.05) is 6.42 Å². The number of hydrogen-bond donors (Lipinski definition) is 3. The first-order chi connectivity index (χ1) is 31.0. The summed E-state index contributed by atoms with van der Waals surface area (Å²) in [5.41, 5.74) is 0. The molecule has 3 atom stereocenters. The van der Waals surface area contributed by atoms with Crippen LogP contribution >= 0.6 is 7.82 Å². The summed E-state index contributed by atoms with van der Waals surface area (Å²) in [4.78, 5) is 23.0. The number of aliphatic hydroxyl groups is 1. The second kappa shape index (κ2) is 45.3. The summed E-state index contributed by atoms with van der Waals surface area (Å²) in [5.74, 6) is -0.199. The average molecular weight is 912 g/mol. The molecule has 64 heavy (non-hydrogen) atoms. The van der Waals surface area contributed by atoms with Crippen molar-refractivity contribution in [2.45, 2.75) is 193 Å². The number of carbonyl (C=O) groups excluding carboxylic acids is 1. The van der Waals surface area contributed by atoms with E-state index < -0.39 is 20.0 Å². The number of quaternary nitrogens is 1. The molecule has 0 fully saturated rings. The Hall–Kier alpha value is -2.84. The Kier molecular flexibility index (Phi) is 43.3. The van der Waals surface area contributed by atoms with Gasteiger partial charge in [0.1, 0.15) is 13.2 Å². The quantitative estimate of drug-likeness (QED) is 0.0243. The smallest absolute Gasteiger partial charge is 0.387 e. The van der Waals surface area contributed by atoms with Crippen LogP contribution in [0, 0.1) is 0 Å². The Morgan fingerprint density at radius 1 is 0.547 bits per heavy atom. The van der Waals surface area contributed by atoms with Crippen molar-refractivity contribution in [2.24, 2.45) is 0 Å². The predicted molar refractivity (Wildman–Crippen MR) is 276 cm³/mol. The highest BCUT2D eigenvalue weighted by molar-refractivity contribution is 7.47. The maximum atomic E-state index is 12.8. The molecule has 0 saturated heterocycles. The minimum Gasteiger partial charge on any atom is -0.387 e. The number of allylic oxidation sites excluding steroid dienone is 17. The number of phosphoric ester groups is 1. The summed E-state index contributed by atoms with van der Waals surface area (Å²) in [6.07, 6.45) is 66.5. The van der Waals surface area contributed by atoms with Gasteiger partial charge in [-0.05, 0) is 83.5 Å². The highest BCUT2D eigenvalue weighted by Gasteiger charge is 2.27. The van der Waals surface area contributed by atoms with Gasteiger partial charge in [-0.1, -0.05) is 200 Å². The van der Waals surface area contributed by atoms with Gasteiger partial charge >= 0.3 is 7.82 Å². The molecule has 0 aliphatic heterocycles. The normalized spacial score (nSPS) is 15.0. The topological polar surface area (TPSA) is 105 Å². The van der Waals surface area contributed by atoms with Crippen LogP contribution < -0.4 is 5.32 Å². The van der Waals surface area contributed by atoms with Crippen LogP contribution in [0.25, 0.3) is 0 Å². The van der Waals surface area contributed by atoms with E-state index in [1.165, 1.54) is 70.6 Å². The fraction of sp³-hybridized carbons (Fsp3) is 0.655. The monoisotopic (exact) mass is 912 g/mol. The molecule has 8 nitrogen and oxygen atoms in total. The van der Waals surface area contributed by atoms with E-state index in [1.54, 1.807) is 6.08 Å². The van der Waals surface area contributed by atoms with Crippen molar-refractivity contribution < 1.29 is 32.9 Å². The highest BCUT2D eigenvalue weighted by atomic mass is 31.2. The number of amides is 1. The summed E-state index contributed by atoms with van der Waals surface area (Å²) in [6.45, 7) is 4.54. The summed E-state index contributed by atoms with van der Waals surface area (Å²) < 4.78 is 23.4. The van der Waals surface area contributed by atoms with Gasteiger partial charge in [0.25, 0.3) is 0 Å². The Balaban J connectivity index is 3.98. The molecule has 0 spiro atoms. The maximum absolute atomic E-state index is 12.8. The molecule has 0 rings (SSSR count). The minimum absolute atomic E-state index is 0.0507. The number of unbranched alkanes of at least 4 members (excludes halogenated alkanes) is 15. The van der Waals surface area contributed by atoms with Crippen molar-refractivity contribution in [3.63, 3.8) is 0 Å². The first kappa shape index (κ1) is 61.2. The van der Waals surface area contributed by atoms with Crippen LogP contribution in [0.1, 0.15) is 181 Å². The Morgan fingerprint density at radius 3 is 1.42 bits per heavy atom. The highest BCUT2D eigenvalue weighted by Crippen LogP contribution is 2.43. The van der Waals surface area contributed by atoms with Crippen molar-refractivity contribution in [3.8, 4) is 0 Å². The van der Waals surface area contributed by atoms with Gasteiger partial charge in [-0.25, -0.2) is 4.57 Å². The van der Waals surface area contributed by atoms with Crippen LogP contribution in [0.5, 0.6) is 0 Å². The number of phosphoric acid groups is 1. The van der Waals surface area contributed by atoms with E-state index in [-0.39, 0.29) is 19.1 Å². The molecule has 0 bridgehead atoms. The SMILES string of the molecule is CC/C=C\C/C=C\C/C=C\C/C=C\C/C=C\C/C=C\C/C=C\CCCCCCCCCCCCCCCC(=O)NC(COP(=O)(O)OCC[N+](C)(C)C)C(O)/C=C/CC/C=C/CCC. The molecule has 0 aromatic rings. The van der Waals surface area contributed by atoms with E-state index in [4.69, 9.17) is 9.05 Å². The third-order valence-electron chi connectivity index (χ3n) is 10.5. The van der Waals surface area contributed by atoms with Crippen LogP contribution in [-0.4, -0.2) is 73.4 Å². The van der Waals surface area contributed by atoms with Gasteiger partial charge in [0.05, 0.1) is 39.9 Å². The standard InChI is InChI=1S/C55H95N2O6P/c1-6-8-10-12-14-15-16-17-18-19-20-21-22-23-24-25-26-27-28-29-30-31-32-33-34-35-36-37-38-39-40-41-43-45-47-49-55(59)56-53(54(58)48-46-44-42-13-11-9-7-2)52-63-64(60,61)62-51-50-57(3,4)5/h8,10-11,13-15,17-18,20-21,23-24,26-27,29-30,46,48,53-54,58H,6-7,9,12,16,19,22,25,28,31-45,47,49-52H2,1-5H3,(H-,56,59,60,61)/p+1/b10-8-,13-11+,15-14-,18-17-,21-20-,24-23-,27-26-,30-29-,48-46+. The first-order valence-electron chi connectivity index (χ1n) is 25.3. The molecule has 366 valence electrons. The van der Waals surface area contributed by atoms with Crippen molar-refractivity contribution in [1.29, 1.82) is 0 Å². The van der Waals surface area contributed by atoms with Gasteiger partial charge in [-0.3, -0.25) is 13.8 Å². The summed E-state index contributed by atoms with van der Waals surface area (Å²) in [7, 11) is 1.54. The van der Waals surface area contributed by atoms with Gasteiger partial charge in [-0.15, -0.1) is 0 Å². The zero-order valence-electron chi connectivity index (χ0n) is 41.5. The number of carbonyl (C=O) groups is 1. The molecular weight excluding hydrogens is 816 g/mol. The molecule has 0 heterocycles.